The van der Waals surface area contributed by atoms with Crippen molar-refractivity contribution in [2.75, 3.05) is 13.4 Å². The van der Waals surface area contributed by atoms with Gasteiger partial charge in [0.1, 0.15) is 0 Å². The number of carbonyl (C=O) groups is 1. The summed E-state index contributed by atoms with van der Waals surface area (Å²) in [5.41, 5.74) is 0. The summed E-state index contributed by atoms with van der Waals surface area (Å²) in [5.74, 6) is -0.414. The Morgan fingerprint density at radius 3 is 2.38 bits per heavy atom. The van der Waals surface area contributed by atoms with Crippen LogP contribution in [0.2, 0.25) is 0 Å². The lowest BCUT2D eigenvalue weighted by Gasteiger charge is -2.13. The van der Waals surface area contributed by atoms with Crippen LogP contribution in [0.3, 0.4) is 0 Å². The van der Waals surface area contributed by atoms with Crippen molar-refractivity contribution < 1.29 is 17.9 Å². The van der Waals surface area contributed by atoms with Gasteiger partial charge in [0.05, 0.1) is 19.8 Å². The smallest absolute Gasteiger partial charge is 0.307 e. The molecule has 5 nitrogen and oxygen atoms in total. The average molecular weight is 209 g/mol. The van der Waals surface area contributed by atoms with Gasteiger partial charge in [-0.05, 0) is 6.42 Å². The van der Waals surface area contributed by atoms with Crippen LogP contribution in [-0.2, 0) is 19.6 Å². The molecule has 0 aliphatic heterocycles. The van der Waals surface area contributed by atoms with E-state index in [0.29, 0.717) is 6.42 Å². The van der Waals surface area contributed by atoms with Gasteiger partial charge in [0.25, 0.3) is 0 Å². The highest BCUT2D eigenvalue weighted by Crippen LogP contribution is 2.00. The number of nitrogens with one attached hydrogen (secondary N) is 1. The van der Waals surface area contributed by atoms with E-state index in [1.54, 1.807) is 6.92 Å². The Labute approximate surface area is 78.5 Å². The van der Waals surface area contributed by atoms with E-state index in [2.05, 4.69) is 9.46 Å². The van der Waals surface area contributed by atoms with E-state index in [1.165, 1.54) is 7.11 Å². The first-order valence-corrected chi connectivity index (χ1v) is 5.82. The number of esters is 1. The maximum Gasteiger partial charge on any atom is 0.307 e. The highest BCUT2D eigenvalue weighted by molar-refractivity contribution is 7.88. The minimum atomic E-state index is -3.25. The zero-order chi connectivity index (χ0) is 10.5. The molecule has 0 fully saturated rings. The van der Waals surface area contributed by atoms with Gasteiger partial charge in [0, 0.05) is 6.04 Å². The van der Waals surface area contributed by atoms with Crippen LogP contribution in [0.15, 0.2) is 0 Å². The molecule has 13 heavy (non-hydrogen) atoms. The second kappa shape index (κ2) is 5.18. The van der Waals surface area contributed by atoms with Gasteiger partial charge in [-0.15, -0.1) is 0 Å². The summed E-state index contributed by atoms with van der Waals surface area (Å²) < 4.78 is 28.4. The van der Waals surface area contributed by atoms with Crippen molar-refractivity contribution in [3.05, 3.63) is 0 Å². The summed E-state index contributed by atoms with van der Waals surface area (Å²) in [4.78, 5) is 10.8. The van der Waals surface area contributed by atoms with Gasteiger partial charge >= 0.3 is 5.97 Å². The fourth-order valence-electron chi connectivity index (χ4n) is 0.857. The molecule has 0 aliphatic rings. The van der Waals surface area contributed by atoms with Crippen molar-refractivity contribution in [3.63, 3.8) is 0 Å². The van der Waals surface area contributed by atoms with Crippen LogP contribution in [0.25, 0.3) is 0 Å². The number of ether oxygens (including phenoxy) is 1. The molecule has 0 rings (SSSR count). The van der Waals surface area contributed by atoms with Crippen molar-refractivity contribution in [2.45, 2.75) is 25.8 Å². The number of carbonyl (C=O) groups excluding carboxylic acids is 1. The van der Waals surface area contributed by atoms with Crippen molar-refractivity contribution in [3.8, 4) is 0 Å². The summed E-state index contributed by atoms with van der Waals surface area (Å²) in [6.45, 7) is 1.80. The van der Waals surface area contributed by atoms with Crippen LogP contribution in [0, 0.1) is 0 Å². The topological polar surface area (TPSA) is 72.5 Å². The molecule has 1 unspecified atom stereocenters. The molecule has 0 saturated carbocycles. The Morgan fingerprint density at radius 2 is 2.08 bits per heavy atom. The molecule has 0 radical (unpaired) electrons. The number of hydrogen-bond acceptors (Lipinski definition) is 4. The first-order chi connectivity index (χ1) is 5.89. The third-order valence-corrected chi connectivity index (χ3v) is 2.28. The molecule has 78 valence electrons. The minimum absolute atomic E-state index is 0.0695. The molecule has 0 aromatic rings. The fraction of sp³-hybridized carbons (Fsp3) is 0.857. The quantitative estimate of drug-likeness (QED) is 0.640. The van der Waals surface area contributed by atoms with Crippen LogP contribution in [0.4, 0.5) is 0 Å². The van der Waals surface area contributed by atoms with E-state index in [0.717, 1.165) is 6.26 Å². The number of hydrogen-bond donors (Lipinski definition) is 1. The van der Waals surface area contributed by atoms with Gasteiger partial charge in [-0.25, -0.2) is 13.1 Å². The second-order valence-electron chi connectivity index (χ2n) is 2.78. The Balaban J connectivity index is 4.13. The van der Waals surface area contributed by atoms with Gasteiger partial charge in [0.2, 0.25) is 10.0 Å². The Bertz CT molecular complexity index is 260. The normalized spacial score (nSPS) is 13.8. The Kier molecular flexibility index (Phi) is 4.94. The summed E-state index contributed by atoms with van der Waals surface area (Å²) in [6.07, 6.45) is 1.69. The van der Waals surface area contributed by atoms with Crippen LogP contribution in [-0.4, -0.2) is 33.8 Å². The molecule has 6 heteroatoms. The van der Waals surface area contributed by atoms with Gasteiger partial charge in [-0.2, -0.15) is 0 Å². The molecule has 0 aromatic heterocycles. The number of sulfonamides is 1. The molecule has 1 N–H and O–H groups in total. The van der Waals surface area contributed by atoms with Crippen molar-refractivity contribution >= 4 is 16.0 Å². The molecule has 0 bridgehead atoms. The molecule has 1 atom stereocenters. The van der Waals surface area contributed by atoms with E-state index < -0.39 is 16.0 Å². The van der Waals surface area contributed by atoms with E-state index in [-0.39, 0.29) is 12.5 Å². The molecule has 0 heterocycles. The lowest BCUT2D eigenvalue weighted by atomic mass is 10.2. The van der Waals surface area contributed by atoms with Gasteiger partial charge in [-0.3, -0.25) is 4.79 Å². The monoisotopic (exact) mass is 209 g/mol. The van der Waals surface area contributed by atoms with Gasteiger partial charge < -0.3 is 4.74 Å². The van der Waals surface area contributed by atoms with E-state index in [4.69, 9.17) is 0 Å². The molecule has 0 spiro atoms. The maximum absolute atomic E-state index is 10.8. The number of rotatable bonds is 5. The van der Waals surface area contributed by atoms with Crippen molar-refractivity contribution in [2.24, 2.45) is 0 Å². The third kappa shape index (κ3) is 6.53. The molecular formula is C7H15NO4S. The molecule has 0 aliphatic carbocycles. The summed E-state index contributed by atoms with van der Waals surface area (Å²) >= 11 is 0. The van der Waals surface area contributed by atoms with Crippen molar-refractivity contribution in [1.29, 1.82) is 0 Å². The van der Waals surface area contributed by atoms with Gasteiger partial charge in [0.15, 0.2) is 0 Å². The van der Waals surface area contributed by atoms with Crippen molar-refractivity contribution in [1.82, 2.24) is 4.72 Å². The standard InChI is InChI=1S/C7H15NO4S/c1-4-6(5-7(9)12-2)8-13(3,10)11/h6,8H,4-5H2,1-3H3. The Morgan fingerprint density at radius 1 is 1.54 bits per heavy atom. The number of methoxy groups -OCH3 is 1. The third-order valence-electron chi connectivity index (χ3n) is 1.51. The average Bonchev–Trinajstić information content (AvgIpc) is 2.00. The largest absolute Gasteiger partial charge is 0.469 e. The molecule has 0 saturated heterocycles. The molecular weight excluding hydrogens is 194 g/mol. The summed E-state index contributed by atoms with van der Waals surface area (Å²) in [7, 11) is -1.97. The predicted octanol–water partition coefficient (Wildman–Crippen LogP) is -0.123. The highest BCUT2D eigenvalue weighted by atomic mass is 32.2. The first-order valence-electron chi connectivity index (χ1n) is 3.93. The van der Waals surface area contributed by atoms with E-state index in [9.17, 15) is 13.2 Å². The first kappa shape index (κ1) is 12.4. The maximum atomic E-state index is 10.8. The summed E-state index contributed by atoms with van der Waals surface area (Å²) in [5, 5.41) is 0. The summed E-state index contributed by atoms with van der Waals surface area (Å²) in [6, 6.07) is -0.373. The minimum Gasteiger partial charge on any atom is -0.469 e. The zero-order valence-corrected chi connectivity index (χ0v) is 8.85. The molecule has 0 aromatic carbocycles. The lowest BCUT2D eigenvalue weighted by Crippen LogP contribution is -2.35. The van der Waals surface area contributed by atoms with Crippen LogP contribution in [0.1, 0.15) is 19.8 Å². The highest BCUT2D eigenvalue weighted by Gasteiger charge is 2.15. The van der Waals surface area contributed by atoms with E-state index in [1.807, 2.05) is 0 Å². The SMILES string of the molecule is CCC(CC(=O)OC)NS(C)(=O)=O. The van der Waals surface area contributed by atoms with Crippen LogP contribution < -0.4 is 4.72 Å². The van der Waals surface area contributed by atoms with Crippen LogP contribution in [0.5, 0.6) is 0 Å². The predicted molar refractivity (Wildman–Crippen MR) is 48.7 cm³/mol. The zero-order valence-electron chi connectivity index (χ0n) is 8.03. The lowest BCUT2D eigenvalue weighted by molar-refractivity contribution is -0.141. The van der Waals surface area contributed by atoms with E-state index >= 15 is 0 Å². The fourth-order valence-corrected chi connectivity index (χ4v) is 1.71. The second-order valence-corrected chi connectivity index (χ2v) is 4.56. The van der Waals surface area contributed by atoms with Crippen LogP contribution >= 0.6 is 0 Å². The molecule has 0 amide bonds. The Hall–Kier alpha value is -0.620. The van der Waals surface area contributed by atoms with Gasteiger partial charge in [-0.1, -0.05) is 6.92 Å².